The number of aliphatic hydroxyl groups is 2. The lowest BCUT2D eigenvalue weighted by molar-refractivity contribution is 0.0696. The quantitative estimate of drug-likeness (QED) is 0.533. The van der Waals surface area contributed by atoms with Crippen molar-refractivity contribution in [1.82, 2.24) is 4.31 Å². The van der Waals surface area contributed by atoms with E-state index in [1.807, 2.05) is 0 Å². The molecule has 0 amide bonds. The molecule has 1 aromatic carbocycles. The highest BCUT2D eigenvalue weighted by molar-refractivity contribution is 7.92. The van der Waals surface area contributed by atoms with Crippen LogP contribution in [0.25, 0.3) is 0 Å². The Bertz CT molecular complexity index is 894. The van der Waals surface area contributed by atoms with Gasteiger partial charge in [-0.25, -0.2) is 21.6 Å². The van der Waals surface area contributed by atoms with Gasteiger partial charge in [0.25, 0.3) is 0 Å². The molecule has 0 unspecified atom stereocenters. The number of sulfonamides is 1. The van der Waals surface area contributed by atoms with Crippen molar-refractivity contribution in [3.05, 3.63) is 29.3 Å². The summed E-state index contributed by atoms with van der Waals surface area (Å²) < 4.78 is 50.6. The van der Waals surface area contributed by atoms with Crippen LogP contribution in [0.3, 0.4) is 0 Å². The van der Waals surface area contributed by atoms with E-state index in [-0.39, 0.29) is 28.4 Å². The third kappa shape index (κ3) is 4.41. The lowest BCUT2D eigenvalue weighted by atomic mass is 10.1. The van der Waals surface area contributed by atoms with Crippen LogP contribution in [-0.2, 0) is 19.9 Å². The van der Waals surface area contributed by atoms with Gasteiger partial charge in [0.2, 0.25) is 10.0 Å². The number of hydrogen-bond donors (Lipinski definition) is 3. The van der Waals surface area contributed by atoms with Crippen molar-refractivity contribution in [3.63, 3.8) is 0 Å². The zero-order valence-corrected chi connectivity index (χ0v) is 15.7. The maximum Gasteiger partial charge on any atom is 0.335 e. The predicted molar refractivity (Wildman–Crippen MR) is 92.2 cm³/mol. The molecule has 2 atom stereocenters. The first-order valence-electron chi connectivity index (χ1n) is 7.83. The van der Waals surface area contributed by atoms with Gasteiger partial charge in [-0.3, -0.25) is 0 Å². The number of nitrogens with zero attached hydrogens (tertiary/aromatic N) is 1. The van der Waals surface area contributed by atoms with Gasteiger partial charge < -0.3 is 15.3 Å². The molecule has 146 valence electrons. The molecule has 11 heteroatoms. The molecule has 1 fully saturated rings. The Kier molecular flexibility index (Phi) is 6.08. The zero-order valence-electron chi connectivity index (χ0n) is 14.1. The summed E-state index contributed by atoms with van der Waals surface area (Å²) >= 11 is 0. The minimum Gasteiger partial charge on any atom is -0.478 e. The van der Waals surface area contributed by atoms with Crippen molar-refractivity contribution in [1.29, 1.82) is 0 Å². The van der Waals surface area contributed by atoms with Crippen molar-refractivity contribution in [3.8, 4) is 0 Å². The number of hydrogen-bond acceptors (Lipinski definition) is 7. The van der Waals surface area contributed by atoms with Gasteiger partial charge in [0.15, 0.2) is 9.84 Å². The highest BCUT2D eigenvalue weighted by Crippen LogP contribution is 2.28. The van der Waals surface area contributed by atoms with Gasteiger partial charge in [0.05, 0.1) is 34.7 Å². The number of aryl methyl sites for hydroxylation is 1. The smallest absolute Gasteiger partial charge is 0.335 e. The number of sulfone groups is 1. The van der Waals surface area contributed by atoms with E-state index >= 15 is 0 Å². The van der Waals surface area contributed by atoms with Gasteiger partial charge >= 0.3 is 5.97 Å². The van der Waals surface area contributed by atoms with Crippen molar-refractivity contribution in [2.75, 3.05) is 24.7 Å². The summed E-state index contributed by atoms with van der Waals surface area (Å²) in [5.41, 5.74) is 0.0650. The Hall–Kier alpha value is -1.53. The van der Waals surface area contributed by atoms with Crippen LogP contribution in [0.5, 0.6) is 0 Å². The average Bonchev–Trinajstić information content (AvgIpc) is 2.91. The standard InChI is InChI=1S/C15H21NO8S2/c1-10-2-3-11(15(19)20)6-14(10)26(23,24)16(7-13(18)8-17)12-4-5-25(21,22)9-12/h2-3,6,12-13,17-18H,4-5,7-9H2,1H3,(H,19,20)/t12-,13+/m0/s1. The zero-order chi connectivity index (χ0) is 19.7. The molecule has 0 bridgehead atoms. The molecule has 2 rings (SSSR count). The Labute approximate surface area is 151 Å². The van der Waals surface area contributed by atoms with E-state index in [0.717, 1.165) is 10.4 Å². The minimum absolute atomic E-state index is 0.0668. The number of aromatic carboxylic acids is 1. The topological polar surface area (TPSA) is 149 Å². The van der Waals surface area contributed by atoms with E-state index < -0.39 is 51.1 Å². The van der Waals surface area contributed by atoms with E-state index in [9.17, 15) is 26.7 Å². The maximum atomic E-state index is 13.1. The SMILES string of the molecule is Cc1ccc(C(=O)O)cc1S(=O)(=O)N(C[C@@H](O)CO)[C@H]1CCS(=O)(=O)C1. The summed E-state index contributed by atoms with van der Waals surface area (Å²) in [4.78, 5) is 10.9. The van der Waals surface area contributed by atoms with Gasteiger partial charge in [0.1, 0.15) is 0 Å². The second-order valence-electron chi connectivity index (χ2n) is 6.25. The van der Waals surface area contributed by atoms with E-state index in [1.165, 1.54) is 19.1 Å². The number of rotatable bonds is 7. The summed E-state index contributed by atoms with van der Waals surface area (Å²) in [6, 6.07) is 2.74. The van der Waals surface area contributed by atoms with Crippen LogP contribution in [-0.4, -0.2) is 79.2 Å². The normalized spacial score (nSPS) is 21.0. The highest BCUT2D eigenvalue weighted by atomic mass is 32.2. The second-order valence-corrected chi connectivity index (χ2v) is 10.3. The second kappa shape index (κ2) is 7.61. The van der Waals surface area contributed by atoms with Crippen molar-refractivity contribution < 1.29 is 36.9 Å². The summed E-state index contributed by atoms with van der Waals surface area (Å²) in [7, 11) is -7.69. The lowest BCUT2D eigenvalue weighted by Gasteiger charge is -2.29. The van der Waals surface area contributed by atoms with Crippen LogP contribution in [0, 0.1) is 6.92 Å². The minimum atomic E-state index is -4.29. The van der Waals surface area contributed by atoms with Crippen molar-refractivity contribution >= 4 is 25.8 Å². The van der Waals surface area contributed by atoms with E-state index in [2.05, 4.69) is 0 Å². The summed E-state index contributed by atoms with van der Waals surface area (Å²) in [6.07, 6.45) is -1.33. The third-order valence-electron chi connectivity index (χ3n) is 4.24. The molecule has 0 saturated carbocycles. The lowest BCUT2D eigenvalue weighted by Crippen LogP contribution is -2.46. The molecule has 1 heterocycles. The monoisotopic (exact) mass is 407 g/mol. The Morgan fingerprint density at radius 2 is 2.04 bits per heavy atom. The number of carboxylic acids is 1. The van der Waals surface area contributed by atoms with E-state index in [1.54, 1.807) is 0 Å². The first-order valence-corrected chi connectivity index (χ1v) is 11.1. The van der Waals surface area contributed by atoms with Crippen LogP contribution in [0.2, 0.25) is 0 Å². The molecule has 0 spiro atoms. The number of carboxylic acid groups (broad SMARTS) is 1. The molecule has 9 nitrogen and oxygen atoms in total. The molecule has 1 aromatic rings. The van der Waals surface area contributed by atoms with E-state index in [0.29, 0.717) is 5.56 Å². The molecule has 3 N–H and O–H groups in total. The molecule has 26 heavy (non-hydrogen) atoms. The average molecular weight is 407 g/mol. The van der Waals surface area contributed by atoms with Gasteiger partial charge in [-0.2, -0.15) is 4.31 Å². The first kappa shape index (κ1) is 20.8. The molecule has 1 saturated heterocycles. The Morgan fingerprint density at radius 3 is 2.54 bits per heavy atom. The molecule has 0 radical (unpaired) electrons. The fourth-order valence-electron chi connectivity index (χ4n) is 2.85. The number of carbonyl (C=O) groups is 1. The Balaban J connectivity index is 2.52. The predicted octanol–water partition coefficient (Wildman–Crippen LogP) is -0.776. The molecule has 1 aliphatic heterocycles. The third-order valence-corrected chi connectivity index (χ3v) is 8.05. The molecule has 0 aromatic heterocycles. The van der Waals surface area contributed by atoms with E-state index in [4.69, 9.17) is 10.2 Å². The first-order chi connectivity index (χ1) is 12.0. The number of benzene rings is 1. The van der Waals surface area contributed by atoms with Gasteiger partial charge in [0, 0.05) is 12.6 Å². The highest BCUT2D eigenvalue weighted by Gasteiger charge is 2.40. The van der Waals surface area contributed by atoms with Crippen LogP contribution < -0.4 is 0 Å². The molecular formula is C15H21NO8S2. The molecule has 0 aliphatic carbocycles. The van der Waals surface area contributed by atoms with Gasteiger partial charge in [-0.05, 0) is 31.0 Å². The Morgan fingerprint density at radius 1 is 1.38 bits per heavy atom. The largest absolute Gasteiger partial charge is 0.478 e. The molecule has 1 aliphatic rings. The van der Waals surface area contributed by atoms with Crippen molar-refractivity contribution in [2.24, 2.45) is 0 Å². The summed E-state index contributed by atoms with van der Waals surface area (Å²) in [6.45, 7) is 0.306. The maximum absolute atomic E-state index is 13.1. The van der Waals surface area contributed by atoms with Crippen molar-refractivity contribution in [2.45, 2.75) is 30.4 Å². The summed E-state index contributed by atoms with van der Waals surface area (Å²) in [5, 5.41) is 27.9. The van der Waals surface area contributed by atoms with Crippen LogP contribution in [0.4, 0.5) is 0 Å². The van der Waals surface area contributed by atoms with Gasteiger partial charge in [-0.1, -0.05) is 6.07 Å². The fourth-order valence-corrected chi connectivity index (χ4v) is 6.62. The van der Waals surface area contributed by atoms with Crippen LogP contribution in [0.1, 0.15) is 22.3 Å². The number of aliphatic hydroxyl groups excluding tert-OH is 2. The molecular weight excluding hydrogens is 386 g/mol. The van der Waals surface area contributed by atoms with Crippen LogP contribution in [0.15, 0.2) is 23.1 Å². The summed E-state index contributed by atoms with van der Waals surface area (Å²) in [5.74, 6) is -1.86. The van der Waals surface area contributed by atoms with Crippen LogP contribution >= 0.6 is 0 Å². The fraction of sp³-hybridized carbons (Fsp3) is 0.533. The van der Waals surface area contributed by atoms with Gasteiger partial charge in [-0.15, -0.1) is 0 Å².